The lowest BCUT2D eigenvalue weighted by molar-refractivity contribution is -0.385. The van der Waals surface area contributed by atoms with Gasteiger partial charge in [0, 0.05) is 28.8 Å². The average molecular weight is 368 g/mol. The summed E-state index contributed by atoms with van der Waals surface area (Å²) < 4.78 is 15.7. The monoisotopic (exact) mass is 368 g/mol. The summed E-state index contributed by atoms with van der Waals surface area (Å²) in [5.74, 6) is 0.619. The van der Waals surface area contributed by atoms with Crippen molar-refractivity contribution in [2.24, 2.45) is 4.99 Å². The van der Waals surface area contributed by atoms with Crippen molar-refractivity contribution in [2.75, 3.05) is 14.2 Å². The van der Waals surface area contributed by atoms with E-state index < -0.39 is 10.9 Å². The van der Waals surface area contributed by atoms with E-state index in [-0.39, 0.29) is 17.3 Å². The van der Waals surface area contributed by atoms with Gasteiger partial charge in [0.2, 0.25) is 5.90 Å². The van der Waals surface area contributed by atoms with Crippen LogP contribution in [0.2, 0.25) is 0 Å². The third kappa shape index (κ3) is 3.64. The van der Waals surface area contributed by atoms with Crippen LogP contribution in [-0.2, 0) is 9.53 Å². The molecule has 2 aromatic rings. The SMILES string of the molecule is COc1ccc(/C=C2\N=C(c3ccc([N+](=O)[O-])c(C)c3)OC2=O)c(OC)c1. The Balaban J connectivity index is 1.96. The second-order valence-electron chi connectivity index (χ2n) is 5.70. The molecule has 1 heterocycles. The number of rotatable bonds is 5. The molecule has 0 N–H and O–H groups in total. The molecule has 0 amide bonds. The predicted octanol–water partition coefficient (Wildman–Crippen LogP) is 3.26. The number of ether oxygens (including phenoxy) is 3. The Kier molecular flexibility index (Phi) is 4.89. The highest BCUT2D eigenvalue weighted by molar-refractivity contribution is 6.13. The number of carbonyl (C=O) groups excluding carboxylic acids is 1. The van der Waals surface area contributed by atoms with Gasteiger partial charge in [-0.25, -0.2) is 9.79 Å². The number of hydrogen-bond acceptors (Lipinski definition) is 7. The first kappa shape index (κ1) is 18.1. The summed E-state index contributed by atoms with van der Waals surface area (Å²) in [6.07, 6.45) is 1.55. The zero-order valence-corrected chi connectivity index (χ0v) is 14.9. The number of nitro benzene ring substituents is 1. The van der Waals surface area contributed by atoms with Crippen LogP contribution >= 0.6 is 0 Å². The molecule has 0 saturated carbocycles. The van der Waals surface area contributed by atoms with Gasteiger partial charge in [-0.05, 0) is 37.3 Å². The lowest BCUT2D eigenvalue weighted by Gasteiger charge is -2.07. The minimum atomic E-state index is -0.612. The number of carbonyl (C=O) groups is 1. The quantitative estimate of drug-likeness (QED) is 0.347. The average Bonchev–Trinajstić information content (AvgIpc) is 3.02. The lowest BCUT2D eigenvalue weighted by atomic mass is 10.1. The van der Waals surface area contributed by atoms with Crippen LogP contribution in [-0.4, -0.2) is 31.0 Å². The summed E-state index contributed by atoms with van der Waals surface area (Å²) in [5, 5.41) is 10.9. The fourth-order valence-corrected chi connectivity index (χ4v) is 2.61. The first-order valence-corrected chi connectivity index (χ1v) is 7.93. The molecule has 2 aromatic carbocycles. The molecular formula is C19H16N2O6. The highest BCUT2D eigenvalue weighted by Gasteiger charge is 2.25. The Bertz CT molecular complexity index is 994. The van der Waals surface area contributed by atoms with E-state index in [1.165, 1.54) is 19.2 Å². The molecule has 0 saturated heterocycles. The van der Waals surface area contributed by atoms with Crippen LogP contribution in [0.3, 0.4) is 0 Å². The molecule has 27 heavy (non-hydrogen) atoms. The normalized spacial score (nSPS) is 14.7. The fraction of sp³-hybridized carbons (Fsp3) is 0.158. The Hall–Kier alpha value is -3.68. The Morgan fingerprint density at radius 1 is 1.15 bits per heavy atom. The third-order valence-electron chi connectivity index (χ3n) is 3.99. The zero-order chi connectivity index (χ0) is 19.6. The van der Waals surface area contributed by atoms with Gasteiger partial charge in [-0.1, -0.05) is 0 Å². The first-order chi connectivity index (χ1) is 12.9. The lowest BCUT2D eigenvalue weighted by Crippen LogP contribution is -2.06. The first-order valence-electron chi connectivity index (χ1n) is 7.93. The molecule has 0 atom stereocenters. The Labute approximate surface area is 154 Å². The number of aryl methyl sites for hydroxylation is 1. The van der Waals surface area contributed by atoms with E-state index in [0.717, 1.165) is 0 Å². The topological polar surface area (TPSA) is 100 Å². The van der Waals surface area contributed by atoms with Crippen molar-refractivity contribution in [3.63, 3.8) is 0 Å². The number of hydrogen-bond donors (Lipinski definition) is 0. The van der Waals surface area contributed by atoms with E-state index in [1.807, 2.05) is 0 Å². The fourth-order valence-electron chi connectivity index (χ4n) is 2.61. The van der Waals surface area contributed by atoms with Gasteiger partial charge in [-0.2, -0.15) is 0 Å². The minimum absolute atomic E-state index is 0.0117. The van der Waals surface area contributed by atoms with E-state index in [4.69, 9.17) is 14.2 Å². The number of esters is 1. The molecule has 8 heteroatoms. The van der Waals surface area contributed by atoms with Crippen molar-refractivity contribution in [3.05, 3.63) is 68.9 Å². The maximum absolute atomic E-state index is 12.2. The van der Waals surface area contributed by atoms with Crippen molar-refractivity contribution < 1.29 is 23.9 Å². The maximum atomic E-state index is 12.2. The van der Waals surface area contributed by atoms with Crippen LogP contribution in [0, 0.1) is 17.0 Å². The van der Waals surface area contributed by atoms with E-state index in [0.29, 0.717) is 28.2 Å². The van der Waals surface area contributed by atoms with Gasteiger partial charge in [0.05, 0.1) is 19.1 Å². The number of nitro groups is 1. The van der Waals surface area contributed by atoms with Crippen LogP contribution in [0.25, 0.3) is 6.08 Å². The molecule has 0 bridgehead atoms. The van der Waals surface area contributed by atoms with Crippen molar-refractivity contribution in [1.82, 2.24) is 0 Å². The summed E-state index contributed by atoms with van der Waals surface area (Å²) in [7, 11) is 3.06. The van der Waals surface area contributed by atoms with Gasteiger partial charge < -0.3 is 14.2 Å². The maximum Gasteiger partial charge on any atom is 0.363 e. The Morgan fingerprint density at radius 2 is 1.93 bits per heavy atom. The van der Waals surface area contributed by atoms with Crippen LogP contribution < -0.4 is 9.47 Å². The predicted molar refractivity (Wildman–Crippen MR) is 98.0 cm³/mol. The van der Waals surface area contributed by atoms with Gasteiger partial charge in [0.15, 0.2) is 5.70 Å². The van der Waals surface area contributed by atoms with Gasteiger partial charge in [-0.15, -0.1) is 0 Å². The van der Waals surface area contributed by atoms with Gasteiger partial charge in [0.25, 0.3) is 5.69 Å². The molecule has 0 radical (unpaired) electrons. The second kappa shape index (κ2) is 7.28. The number of benzene rings is 2. The Morgan fingerprint density at radius 3 is 2.56 bits per heavy atom. The standard InChI is InChI=1S/C19H16N2O6/c1-11-8-13(5-7-16(11)21(23)24)18-20-15(19(22)27-18)9-12-4-6-14(25-2)10-17(12)26-3/h4-10H,1-3H3/b15-9-. The van der Waals surface area contributed by atoms with Gasteiger partial charge >= 0.3 is 5.97 Å². The second-order valence-corrected chi connectivity index (χ2v) is 5.70. The molecule has 0 unspecified atom stereocenters. The van der Waals surface area contributed by atoms with Crippen molar-refractivity contribution in [2.45, 2.75) is 6.92 Å². The third-order valence-corrected chi connectivity index (χ3v) is 3.99. The summed E-state index contributed by atoms with van der Waals surface area (Å²) in [6.45, 7) is 1.61. The molecule has 3 rings (SSSR count). The molecule has 138 valence electrons. The van der Waals surface area contributed by atoms with Crippen LogP contribution in [0.15, 0.2) is 47.1 Å². The summed E-state index contributed by atoms with van der Waals surface area (Å²) in [4.78, 5) is 26.8. The van der Waals surface area contributed by atoms with Crippen LogP contribution in [0.1, 0.15) is 16.7 Å². The molecule has 0 fully saturated rings. The number of aliphatic imine (C=N–C) groups is 1. The van der Waals surface area contributed by atoms with Gasteiger partial charge in [-0.3, -0.25) is 10.1 Å². The molecular weight excluding hydrogens is 352 g/mol. The molecule has 8 nitrogen and oxygen atoms in total. The number of nitrogens with zero attached hydrogens (tertiary/aromatic N) is 2. The zero-order valence-electron chi connectivity index (χ0n) is 14.9. The molecule has 1 aliphatic rings. The van der Waals surface area contributed by atoms with Crippen molar-refractivity contribution in [3.8, 4) is 11.5 Å². The summed E-state index contributed by atoms with van der Waals surface area (Å²) >= 11 is 0. The van der Waals surface area contributed by atoms with Crippen LogP contribution in [0.4, 0.5) is 5.69 Å². The highest BCUT2D eigenvalue weighted by atomic mass is 16.6. The van der Waals surface area contributed by atoms with E-state index in [2.05, 4.69) is 4.99 Å². The van der Waals surface area contributed by atoms with Gasteiger partial charge in [0.1, 0.15) is 11.5 Å². The van der Waals surface area contributed by atoms with E-state index >= 15 is 0 Å². The van der Waals surface area contributed by atoms with Crippen LogP contribution in [0.5, 0.6) is 11.5 Å². The number of methoxy groups -OCH3 is 2. The van der Waals surface area contributed by atoms with E-state index in [1.54, 1.807) is 44.4 Å². The highest BCUT2D eigenvalue weighted by Crippen LogP contribution is 2.29. The number of cyclic esters (lactones) is 1. The largest absolute Gasteiger partial charge is 0.497 e. The molecule has 0 aliphatic carbocycles. The smallest absolute Gasteiger partial charge is 0.363 e. The van der Waals surface area contributed by atoms with Crippen molar-refractivity contribution >= 4 is 23.6 Å². The molecule has 0 spiro atoms. The summed E-state index contributed by atoms with van der Waals surface area (Å²) in [5.41, 5.74) is 1.66. The van der Waals surface area contributed by atoms with Crippen molar-refractivity contribution in [1.29, 1.82) is 0 Å². The van der Waals surface area contributed by atoms with E-state index in [9.17, 15) is 14.9 Å². The minimum Gasteiger partial charge on any atom is -0.497 e. The summed E-state index contributed by atoms with van der Waals surface area (Å²) in [6, 6.07) is 9.57. The molecule has 1 aliphatic heterocycles. The molecule has 0 aromatic heterocycles.